The first-order valence-corrected chi connectivity index (χ1v) is 27.2. The lowest BCUT2D eigenvalue weighted by Crippen LogP contribution is -2.17. The van der Waals surface area contributed by atoms with E-state index in [9.17, 15) is 31.4 Å². The van der Waals surface area contributed by atoms with Gasteiger partial charge in [-0.3, -0.25) is 9.55 Å². The molecule has 0 aliphatic heterocycles. The van der Waals surface area contributed by atoms with Gasteiger partial charge in [0.15, 0.2) is 0 Å². The van der Waals surface area contributed by atoms with Crippen LogP contribution >= 0.6 is 0 Å². The summed E-state index contributed by atoms with van der Waals surface area (Å²) in [5, 5.41) is 12.6. The number of rotatable bonds is 7. The standard InChI is InChI=1S/C70H71F6N3O/c1-64(2,3)46-28-30-58(51(38-46)41-21-17-16-18-22-41)79-59-26-19-23-50(61(59)78-63(79)52-39-48(66(7,8)9)40-56(62(52)80)68(13,14)15)44-33-45(35-47(34-44)65(4,5)6)57-37-42(31-32-77-57)49-29-27-43(36-55(49)67(10,11)12)60-53(69(71,72)73)24-20-25-54(60)70(74,75)76/h16-40,80H,1-15H3. The van der Waals surface area contributed by atoms with Crippen molar-refractivity contribution in [1.82, 2.24) is 14.5 Å². The molecule has 2 heterocycles. The number of hydrogen-bond donors (Lipinski definition) is 1. The van der Waals surface area contributed by atoms with E-state index in [1.807, 2.05) is 57.2 Å². The second-order valence-corrected chi connectivity index (χ2v) is 26.4. The largest absolute Gasteiger partial charge is 0.507 e. The van der Waals surface area contributed by atoms with Crippen LogP contribution in [0.25, 0.3) is 83.9 Å². The molecule has 0 atom stereocenters. The van der Waals surface area contributed by atoms with E-state index in [0.717, 1.165) is 61.8 Å². The van der Waals surface area contributed by atoms with Gasteiger partial charge in [-0.2, -0.15) is 26.3 Å². The highest BCUT2D eigenvalue weighted by molar-refractivity contribution is 5.98. The van der Waals surface area contributed by atoms with Crippen LogP contribution in [0.5, 0.6) is 5.75 Å². The molecule has 0 spiro atoms. The predicted molar refractivity (Wildman–Crippen MR) is 317 cm³/mol. The highest BCUT2D eigenvalue weighted by Gasteiger charge is 2.41. The van der Waals surface area contributed by atoms with E-state index >= 15 is 0 Å². The van der Waals surface area contributed by atoms with Gasteiger partial charge in [-0.15, -0.1) is 0 Å². The third-order valence-corrected chi connectivity index (χ3v) is 15.2. The first-order valence-electron chi connectivity index (χ1n) is 27.2. The lowest BCUT2D eigenvalue weighted by atomic mass is 9.79. The Morgan fingerprint density at radius 1 is 0.388 bits per heavy atom. The van der Waals surface area contributed by atoms with Gasteiger partial charge in [0.2, 0.25) is 0 Å². The number of phenolic OH excluding ortho intramolecular Hbond substituents is 1. The molecule has 0 unspecified atom stereocenters. The molecule has 9 aromatic rings. The molecule has 9 rings (SSSR count). The van der Waals surface area contributed by atoms with E-state index in [-0.39, 0.29) is 27.6 Å². The van der Waals surface area contributed by atoms with Crippen molar-refractivity contribution in [2.45, 2.75) is 143 Å². The molecule has 0 aliphatic carbocycles. The normalized spacial score (nSPS) is 13.1. The summed E-state index contributed by atoms with van der Waals surface area (Å²) in [6.07, 6.45) is -8.39. The molecule has 0 radical (unpaired) electrons. The monoisotopic (exact) mass is 1080 g/mol. The van der Waals surface area contributed by atoms with Crippen molar-refractivity contribution in [3.8, 4) is 78.6 Å². The maximum Gasteiger partial charge on any atom is 0.417 e. The summed E-state index contributed by atoms with van der Waals surface area (Å²) in [6.45, 7) is 31.6. The van der Waals surface area contributed by atoms with Gasteiger partial charge >= 0.3 is 12.4 Å². The Morgan fingerprint density at radius 3 is 1.55 bits per heavy atom. The Morgan fingerprint density at radius 2 is 0.963 bits per heavy atom. The van der Waals surface area contributed by atoms with Crippen molar-refractivity contribution < 1.29 is 31.4 Å². The number of halogens is 6. The molecule has 10 heteroatoms. The van der Waals surface area contributed by atoms with Crippen LogP contribution < -0.4 is 0 Å². The summed E-state index contributed by atoms with van der Waals surface area (Å²) in [5.74, 6) is 0.751. The number of alkyl halides is 6. The zero-order chi connectivity index (χ0) is 58.4. The van der Waals surface area contributed by atoms with Crippen molar-refractivity contribution in [2.75, 3.05) is 0 Å². The van der Waals surface area contributed by atoms with E-state index in [4.69, 9.17) is 9.97 Å². The SMILES string of the molecule is CC(C)(C)c1cc(-c2cc(-c3ccc(-c4c(C(F)(F)F)cccc4C(F)(F)F)cc3C(C)(C)C)ccn2)cc(-c2cccc3c2nc(-c2cc(C(C)(C)C)cc(C(C)(C)C)c2O)n3-c2ccc(C(C)(C)C)cc2-c2ccccc2)c1. The van der Waals surface area contributed by atoms with Crippen LogP contribution in [0.1, 0.15) is 143 Å². The smallest absolute Gasteiger partial charge is 0.417 e. The summed E-state index contributed by atoms with van der Waals surface area (Å²) in [7, 11) is 0. The molecule has 2 aromatic heterocycles. The Balaban J connectivity index is 1.29. The first-order chi connectivity index (χ1) is 37.0. The van der Waals surface area contributed by atoms with Gasteiger partial charge in [-0.05, 0) is 144 Å². The highest BCUT2D eigenvalue weighted by atomic mass is 19.4. The molecule has 0 aliphatic rings. The first kappa shape index (κ1) is 57.2. The number of para-hydroxylation sites is 1. The van der Waals surface area contributed by atoms with Crippen molar-refractivity contribution in [3.63, 3.8) is 0 Å². The van der Waals surface area contributed by atoms with Crippen LogP contribution in [0.15, 0.2) is 152 Å². The van der Waals surface area contributed by atoms with Crippen LogP contribution in [0.4, 0.5) is 26.3 Å². The summed E-state index contributed by atoms with van der Waals surface area (Å²) >= 11 is 0. The zero-order valence-corrected chi connectivity index (χ0v) is 48.5. The average molecular weight is 1080 g/mol. The quantitative estimate of drug-likeness (QED) is 0.162. The average Bonchev–Trinajstić information content (AvgIpc) is 4.01. The van der Waals surface area contributed by atoms with Gasteiger partial charge in [-0.1, -0.05) is 183 Å². The number of nitrogens with zero attached hydrogens (tertiary/aromatic N) is 3. The second kappa shape index (κ2) is 20.0. The fourth-order valence-corrected chi connectivity index (χ4v) is 10.6. The van der Waals surface area contributed by atoms with Crippen LogP contribution in [0.3, 0.4) is 0 Å². The number of imidazole rings is 1. The van der Waals surface area contributed by atoms with E-state index < -0.39 is 39.9 Å². The van der Waals surface area contributed by atoms with Crippen molar-refractivity contribution >= 4 is 11.0 Å². The van der Waals surface area contributed by atoms with E-state index in [1.54, 1.807) is 12.3 Å². The number of benzene rings is 7. The molecule has 80 heavy (non-hydrogen) atoms. The predicted octanol–water partition coefficient (Wildman–Crippen LogP) is 20.7. The number of aromatic nitrogens is 3. The van der Waals surface area contributed by atoms with Gasteiger partial charge in [0, 0.05) is 34.0 Å². The third-order valence-electron chi connectivity index (χ3n) is 15.2. The Bertz CT molecular complexity index is 3790. The molecule has 0 saturated carbocycles. The van der Waals surface area contributed by atoms with E-state index in [0.29, 0.717) is 51.4 Å². The zero-order valence-electron chi connectivity index (χ0n) is 48.5. The van der Waals surface area contributed by atoms with Gasteiger partial charge in [0.25, 0.3) is 0 Å². The minimum Gasteiger partial charge on any atom is -0.507 e. The number of pyridine rings is 1. The van der Waals surface area contributed by atoms with Gasteiger partial charge in [-0.25, -0.2) is 4.98 Å². The van der Waals surface area contributed by atoms with Crippen molar-refractivity contribution in [2.24, 2.45) is 0 Å². The Hall–Kier alpha value is -7.46. The highest BCUT2D eigenvalue weighted by Crippen LogP contribution is 2.49. The maximum atomic E-state index is 14.5. The molecule has 0 saturated heterocycles. The van der Waals surface area contributed by atoms with Crippen LogP contribution in [0.2, 0.25) is 0 Å². The molecule has 4 nitrogen and oxygen atoms in total. The van der Waals surface area contributed by atoms with E-state index in [2.05, 4.69) is 160 Å². The minimum absolute atomic E-state index is 0.156. The summed E-state index contributed by atoms with van der Waals surface area (Å²) in [4.78, 5) is 10.6. The number of phenols is 1. The van der Waals surface area contributed by atoms with Gasteiger partial charge in [0.1, 0.15) is 11.6 Å². The summed E-state index contributed by atoms with van der Waals surface area (Å²) < 4.78 is 89.2. The van der Waals surface area contributed by atoms with Crippen molar-refractivity contribution in [1.29, 1.82) is 0 Å². The molecule has 0 fully saturated rings. The number of aromatic hydroxyl groups is 1. The lowest BCUT2D eigenvalue weighted by Gasteiger charge is -2.28. The van der Waals surface area contributed by atoms with E-state index in [1.165, 1.54) is 17.7 Å². The molecule has 7 aromatic carbocycles. The Labute approximate surface area is 467 Å². The summed E-state index contributed by atoms with van der Waals surface area (Å²) in [5.41, 5.74) is 8.51. The molecule has 0 amide bonds. The second-order valence-electron chi connectivity index (χ2n) is 26.4. The van der Waals surface area contributed by atoms with Crippen molar-refractivity contribution in [3.05, 3.63) is 191 Å². The van der Waals surface area contributed by atoms with Crippen LogP contribution in [0, 0.1) is 0 Å². The molecule has 0 bridgehead atoms. The number of hydrogen-bond acceptors (Lipinski definition) is 3. The number of fused-ring (bicyclic) bond motifs is 1. The van der Waals surface area contributed by atoms with Crippen LogP contribution in [-0.4, -0.2) is 19.6 Å². The molecule has 1 N–H and O–H groups in total. The lowest BCUT2D eigenvalue weighted by molar-refractivity contribution is -0.142. The minimum atomic E-state index is -5.03. The van der Waals surface area contributed by atoms with Gasteiger partial charge < -0.3 is 5.11 Å². The maximum absolute atomic E-state index is 14.5. The molecular formula is C70H71F6N3O. The van der Waals surface area contributed by atoms with Crippen LogP contribution in [-0.2, 0) is 39.4 Å². The topological polar surface area (TPSA) is 50.9 Å². The van der Waals surface area contributed by atoms with Gasteiger partial charge in [0.05, 0.1) is 39.1 Å². The summed E-state index contributed by atoms with van der Waals surface area (Å²) in [6, 6.07) is 44.2. The molecular weight excluding hydrogens is 1010 g/mol. The fourth-order valence-electron chi connectivity index (χ4n) is 10.6. The molecule has 414 valence electrons. The Kier molecular flexibility index (Phi) is 14.3. The fraction of sp³-hybridized carbons (Fsp3) is 0.314. The third kappa shape index (κ3) is 11.2.